The topological polar surface area (TPSA) is 46.0 Å². The average Bonchev–Trinajstić information content (AvgIpc) is 3.04. The highest BCUT2D eigenvalue weighted by Crippen LogP contribution is 2.15. The van der Waals surface area contributed by atoms with Crippen molar-refractivity contribution in [2.75, 3.05) is 19.0 Å². The lowest BCUT2D eigenvalue weighted by Gasteiger charge is -2.16. The molecule has 0 aliphatic heterocycles. The highest BCUT2D eigenvalue weighted by Gasteiger charge is 2.07. The summed E-state index contributed by atoms with van der Waals surface area (Å²) in [5.41, 5.74) is 2.37. The fourth-order valence-electron chi connectivity index (χ4n) is 2.58. The molecule has 3 heterocycles. The number of hydrogen-bond acceptors (Lipinski definition) is 4. The zero-order valence-electron chi connectivity index (χ0n) is 13.5. The average molecular weight is 307 g/mol. The lowest BCUT2D eigenvalue weighted by Crippen LogP contribution is -2.19. The molecule has 118 valence electrons. The summed E-state index contributed by atoms with van der Waals surface area (Å²) in [5, 5.41) is 3.49. The third kappa shape index (κ3) is 3.57. The van der Waals surface area contributed by atoms with Gasteiger partial charge in [-0.15, -0.1) is 0 Å². The first-order valence-electron chi connectivity index (χ1n) is 7.65. The quantitative estimate of drug-likeness (QED) is 0.760. The third-order valence-corrected chi connectivity index (χ3v) is 3.64. The van der Waals surface area contributed by atoms with Crippen LogP contribution in [0.4, 0.5) is 5.82 Å². The molecule has 0 unspecified atom stereocenters. The van der Waals surface area contributed by atoms with Gasteiger partial charge in [0.25, 0.3) is 0 Å². The SMILES string of the molecule is CN(C)c1ncccc1CNCc1cccn1-c1ccccn1. The Balaban J connectivity index is 1.68. The first kappa shape index (κ1) is 15.2. The van der Waals surface area contributed by atoms with Gasteiger partial charge in [-0.2, -0.15) is 0 Å². The van der Waals surface area contributed by atoms with Crippen molar-refractivity contribution < 1.29 is 0 Å². The van der Waals surface area contributed by atoms with Crippen molar-refractivity contribution in [3.63, 3.8) is 0 Å². The summed E-state index contributed by atoms with van der Waals surface area (Å²) in [6, 6.07) is 14.2. The number of hydrogen-bond donors (Lipinski definition) is 1. The zero-order valence-corrected chi connectivity index (χ0v) is 13.5. The molecule has 0 aromatic carbocycles. The lowest BCUT2D eigenvalue weighted by atomic mass is 10.2. The molecule has 0 bridgehead atoms. The van der Waals surface area contributed by atoms with Crippen molar-refractivity contribution in [1.82, 2.24) is 19.9 Å². The largest absolute Gasteiger partial charge is 0.362 e. The summed E-state index contributed by atoms with van der Waals surface area (Å²) < 4.78 is 2.10. The summed E-state index contributed by atoms with van der Waals surface area (Å²) in [5.74, 6) is 1.93. The molecule has 0 radical (unpaired) electrons. The normalized spacial score (nSPS) is 10.7. The van der Waals surface area contributed by atoms with Gasteiger partial charge in [0.2, 0.25) is 0 Å². The number of nitrogens with one attached hydrogen (secondary N) is 1. The highest BCUT2D eigenvalue weighted by atomic mass is 15.1. The number of nitrogens with zero attached hydrogens (tertiary/aromatic N) is 4. The number of anilines is 1. The molecule has 3 aromatic heterocycles. The molecule has 0 amide bonds. The van der Waals surface area contributed by atoms with E-state index < -0.39 is 0 Å². The summed E-state index contributed by atoms with van der Waals surface area (Å²) in [7, 11) is 4.02. The Morgan fingerprint density at radius 1 is 0.957 bits per heavy atom. The first-order chi connectivity index (χ1) is 11.3. The minimum atomic E-state index is 0.769. The number of rotatable bonds is 6. The van der Waals surface area contributed by atoms with Gasteiger partial charge in [-0.3, -0.25) is 0 Å². The van der Waals surface area contributed by atoms with Gasteiger partial charge < -0.3 is 14.8 Å². The highest BCUT2D eigenvalue weighted by molar-refractivity contribution is 5.45. The smallest absolute Gasteiger partial charge is 0.136 e. The van der Waals surface area contributed by atoms with Crippen molar-refractivity contribution in [2.24, 2.45) is 0 Å². The Morgan fingerprint density at radius 3 is 2.61 bits per heavy atom. The zero-order chi connectivity index (χ0) is 16.1. The third-order valence-electron chi connectivity index (χ3n) is 3.64. The van der Waals surface area contributed by atoms with Crippen molar-refractivity contribution in [2.45, 2.75) is 13.1 Å². The van der Waals surface area contributed by atoms with E-state index in [1.807, 2.05) is 67.9 Å². The van der Waals surface area contributed by atoms with Gasteiger partial charge >= 0.3 is 0 Å². The van der Waals surface area contributed by atoms with E-state index in [4.69, 9.17) is 0 Å². The number of aromatic nitrogens is 3. The molecule has 0 atom stereocenters. The van der Waals surface area contributed by atoms with Crippen molar-refractivity contribution in [3.8, 4) is 5.82 Å². The Bertz CT molecular complexity index is 749. The summed E-state index contributed by atoms with van der Waals surface area (Å²) in [6.07, 6.45) is 5.67. The van der Waals surface area contributed by atoms with E-state index in [1.165, 1.54) is 11.3 Å². The van der Waals surface area contributed by atoms with E-state index in [-0.39, 0.29) is 0 Å². The molecule has 3 aromatic rings. The van der Waals surface area contributed by atoms with E-state index in [0.29, 0.717) is 0 Å². The van der Waals surface area contributed by atoms with Crippen LogP contribution in [0.15, 0.2) is 61.1 Å². The fourth-order valence-corrected chi connectivity index (χ4v) is 2.58. The molecule has 5 nitrogen and oxygen atoms in total. The van der Waals surface area contributed by atoms with Crippen LogP contribution in [0.1, 0.15) is 11.3 Å². The molecule has 0 spiro atoms. The van der Waals surface area contributed by atoms with Crippen LogP contribution in [-0.4, -0.2) is 28.6 Å². The first-order valence-corrected chi connectivity index (χ1v) is 7.65. The maximum atomic E-state index is 4.43. The second kappa shape index (κ2) is 7.07. The monoisotopic (exact) mass is 307 g/mol. The second-order valence-corrected chi connectivity index (χ2v) is 5.54. The molecule has 23 heavy (non-hydrogen) atoms. The Kier molecular flexibility index (Phi) is 4.68. The molecular formula is C18H21N5. The van der Waals surface area contributed by atoms with Gasteiger partial charge in [0, 0.05) is 57.0 Å². The van der Waals surface area contributed by atoms with Gasteiger partial charge in [0.15, 0.2) is 0 Å². The van der Waals surface area contributed by atoms with Crippen molar-refractivity contribution in [1.29, 1.82) is 0 Å². The molecule has 0 saturated heterocycles. The van der Waals surface area contributed by atoms with Crippen LogP contribution in [-0.2, 0) is 13.1 Å². The van der Waals surface area contributed by atoms with E-state index in [1.54, 1.807) is 0 Å². The fraction of sp³-hybridized carbons (Fsp3) is 0.222. The lowest BCUT2D eigenvalue weighted by molar-refractivity contribution is 0.665. The summed E-state index contributed by atoms with van der Waals surface area (Å²) in [4.78, 5) is 10.9. The van der Waals surface area contributed by atoms with Crippen LogP contribution in [0.25, 0.3) is 5.82 Å². The predicted octanol–water partition coefficient (Wildman–Crippen LogP) is 2.62. The van der Waals surface area contributed by atoms with Gasteiger partial charge in [-0.25, -0.2) is 9.97 Å². The molecule has 0 aliphatic rings. The van der Waals surface area contributed by atoms with Crippen LogP contribution in [0, 0.1) is 0 Å². The van der Waals surface area contributed by atoms with Crippen molar-refractivity contribution >= 4 is 5.82 Å². The molecule has 0 saturated carbocycles. The molecule has 0 aliphatic carbocycles. The summed E-state index contributed by atoms with van der Waals surface area (Å²) in [6.45, 7) is 1.54. The maximum Gasteiger partial charge on any atom is 0.136 e. The van der Waals surface area contributed by atoms with E-state index in [0.717, 1.165) is 24.7 Å². The Labute approximate surface area is 136 Å². The molecular weight excluding hydrogens is 286 g/mol. The van der Waals surface area contributed by atoms with E-state index in [2.05, 4.69) is 32.0 Å². The van der Waals surface area contributed by atoms with Crippen LogP contribution in [0.3, 0.4) is 0 Å². The van der Waals surface area contributed by atoms with Crippen LogP contribution < -0.4 is 10.2 Å². The molecule has 3 rings (SSSR count). The number of pyridine rings is 2. The molecule has 0 fully saturated rings. The predicted molar refractivity (Wildman–Crippen MR) is 92.7 cm³/mol. The second-order valence-electron chi connectivity index (χ2n) is 5.54. The molecule has 1 N–H and O–H groups in total. The van der Waals surface area contributed by atoms with Gasteiger partial charge in [-0.1, -0.05) is 12.1 Å². The Morgan fingerprint density at radius 2 is 1.83 bits per heavy atom. The van der Waals surface area contributed by atoms with Crippen molar-refractivity contribution in [3.05, 3.63) is 72.3 Å². The van der Waals surface area contributed by atoms with Gasteiger partial charge in [0.1, 0.15) is 11.6 Å². The van der Waals surface area contributed by atoms with E-state index in [9.17, 15) is 0 Å². The van der Waals surface area contributed by atoms with E-state index >= 15 is 0 Å². The minimum Gasteiger partial charge on any atom is -0.362 e. The standard InChI is InChI=1S/C18H21N5/c1-22(2)18-15(7-5-11-21-18)13-19-14-16-8-6-12-23(16)17-9-3-4-10-20-17/h3-12,19H,13-14H2,1-2H3. The van der Waals surface area contributed by atoms with Gasteiger partial charge in [0.05, 0.1) is 0 Å². The molecule has 5 heteroatoms. The maximum absolute atomic E-state index is 4.43. The van der Waals surface area contributed by atoms with Gasteiger partial charge in [-0.05, 0) is 30.3 Å². The van der Waals surface area contributed by atoms with Crippen LogP contribution >= 0.6 is 0 Å². The van der Waals surface area contributed by atoms with Crippen LogP contribution in [0.5, 0.6) is 0 Å². The minimum absolute atomic E-state index is 0.769. The van der Waals surface area contributed by atoms with Crippen LogP contribution in [0.2, 0.25) is 0 Å². The Hall–Kier alpha value is -2.66. The summed E-state index contributed by atoms with van der Waals surface area (Å²) >= 11 is 0.